The summed E-state index contributed by atoms with van der Waals surface area (Å²) in [6.07, 6.45) is 0. The summed E-state index contributed by atoms with van der Waals surface area (Å²) >= 11 is 0. The largest absolute Gasteiger partial charge is 0.307 e. The standard InChI is InChI=1S/C44H28N6/c1-44(2)35-19-11-9-18-33(35)39-36(44)22-21-32-31-17-10-12-20-37(31)50(40(32)39)38-24-29(25-45)34(23-30(38)26-46)43-48-41(27-13-5-3-6-14-27)47-42(49-43)28-15-7-4-8-16-28/h3-24H,1-2H3. The van der Waals surface area contributed by atoms with Crippen LogP contribution in [-0.4, -0.2) is 19.5 Å². The molecular formula is C44H28N6. The molecular weight excluding hydrogens is 613 g/mol. The van der Waals surface area contributed by atoms with Gasteiger partial charge < -0.3 is 4.57 Å². The molecule has 1 aliphatic carbocycles. The van der Waals surface area contributed by atoms with E-state index in [1.54, 1.807) is 6.07 Å². The lowest BCUT2D eigenvalue weighted by Gasteiger charge is -2.21. The molecule has 0 radical (unpaired) electrons. The van der Waals surface area contributed by atoms with Gasteiger partial charge in [0, 0.05) is 38.4 Å². The number of nitrogens with zero attached hydrogens (tertiary/aromatic N) is 6. The number of hydrogen-bond acceptors (Lipinski definition) is 5. The van der Waals surface area contributed by atoms with Crippen molar-refractivity contribution in [3.63, 3.8) is 0 Å². The van der Waals surface area contributed by atoms with Crippen molar-refractivity contribution in [2.24, 2.45) is 0 Å². The summed E-state index contributed by atoms with van der Waals surface area (Å²) < 4.78 is 2.17. The first-order valence-corrected chi connectivity index (χ1v) is 16.5. The Hall–Kier alpha value is -6.89. The molecule has 0 unspecified atom stereocenters. The lowest BCUT2D eigenvalue weighted by Crippen LogP contribution is -2.14. The normalized spacial score (nSPS) is 12.7. The van der Waals surface area contributed by atoms with Crippen LogP contribution in [0.2, 0.25) is 0 Å². The van der Waals surface area contributed by atoms with E-state index in [4.69, 9.17) is 15.0 Å². The summed E-state index contributed by atoms with van der Waals surface area (Å²) in [5.74, 6) is 1.30. The first-order valence-electron chi connectivity index (χ1n) is 16.5. The third kappa shape index (κ3) is 4.29. The Morgan fingerprint density at radius 2 is 1.14 bits per heavy atom. The Morgan fingerprint density at radius 1 is 0.540 bits per heavy atom. The number of para-hydroxylation sites is 1. The number of rotatable bonds is 4. The Bertz CT molecular complexity index is 2690. The zero-order chi connectivity index (χ0) is 34.0. The lowest BCUT2D eigenvalue weighted by atomic mass is 9.82. The molecule has 8 aromatic rings. The molecule has 0 N–H and O–H groups in total. The number of nitriles is 2. The molecule has 1 aliphatic rings. The molecule has 0 spiro atoms. The summed E-state index contributed by atoms with van der Waals surface area (Å²) in [6, 6.07) is 49.2. The maximum absolute atomic E-state index is 10.8. The van der Waals surface area contributed by atoms with Crippen molar-refractivity contribution in [3.05, 3.63) is 156 Å². The molecule has 0 fully saturated rings. The molecule has 0 saturated heterocycles. The van der Waals surface area contributed by atoms with Crippen molar-refractivity contribution < 1.29 is 0 Å². The minimum atomic E-state index is -0.202. The van der Waals surface area contributed by atoms with Crippen LogP contribution in [0.25, 0.3) is 72.8 Å². The zero-order valence-corrected chi connectivity index (χ0v) is 27.4. The highest BCUT2D eigenvalue weighted by Gasteiger charge is 2.37. The Balaban J connectivity index is 1.34. The van der Waals surface area contributed by atoms with Gasteiger partial charge in [-0.25, -0.2) is 15.0 Å². The quantitative estimate of drug-likeness (QED) is 0.191. The van der Waals surface area contributed by atoms with Crippen LogP contribution in [0.3, 0.4) is 0 Å². The molecule has 2 heterocycles. The minimum Gasteiger partial charge on any atom is -0.307 e. The highest BCUT2D eigenvalue weighted by atomic mass is 15.0. The zero-order valence-electron chi connectivity index (χ0n) is 27.4. The van der Waals surface area contributed by atoms with E-state index in [1.807, 2.05) is 78.9 Å². The summed E-state index contributed by atoms with van der Waals surface area (Å²) in [5.41, 5.74) is 10.2. The lowest BCUT2D eigenvalue weighted by molar-refractivity contribution is 0.661. The number of hydrogen-bond donors (Lipinski definition) is 0. The van der Waals surface area contributed by atoms with Gasteiger partial charge in [-0.05, 0) is 34.9 Å². The molecule has 2 aromatic heterocycles. The monoisotopic (exact) mass is 640 g/mol. The van der Waals surface area contributed by atoms with Crippen molar-refractivity contribution in [1.29, 1.82) is 10.5 Å². The third-order valence-electron chi connectivity index (χ3n) is 9.94. The fourth-order valence-corrected chi connectivity index (χ4v) is 7.56. The van der Waals surface area contributed by atoms with Crippen LogP contribution in [0.5, 0.6) is 0 Å². The van der Waals surface area contributed by atoms with Gasteiger partial charge in [-0.1, -0.05) is 129 Å². The predicted molar refractivity (Wildman–Crippen MR) is 197 cm³/mol. The number of aromatic nitrogens is 4. The van der Waals surface area contributed by atoms with Crippen molar-refractivity contribution in [2.45, 2.75) is 19.3 Å². The number of fused-ring (bicyclic) bond motifs is 7. The summed E-state index contributed by atoms with van der Waals surface area (Å²) in [7, 11) is 0. The van der Waals surface area contributed by atoms with Gasteiger partial charge in [0.05, 0.1) is 33.9 Å². The van der Waals surface area contributed by atoms with E-state index >= 15 is 0 Å². The highest BCUT2D eigenvalue weighted by Crippen LogP contribution is 2.53. The topological polar surface area (TPSA) is 91.2 Å². The second kappa shape index (κ2) is 11.1. The molecule has 0 aliphatic heterocycles. The fraction of sp³-hybridized carbons (Fsp3) is 0.0682. The summed E-state index contributed by atoms with van der Waals surface area (Å²) in [4.78, 5) is 14.6. The fourth-order valence-electron chi connectivity index (χ4n) is 7.56. The van der Waals surface area contributed by atoms with Gasteiger partial charge in [0.25, 0.3) is 0 Å². The maximum Gasteiger partial charge on any atom is 0.165 e. The molecule has 6 heteroatoms. The second-order valence-corrected chi connectivity index (χ2v) is 13.1. The summed E-state index contributed by atoms with van der Waals surface area (Å²) in [5, 5.41) is 23.7. The van der Waals surface area contributed by atoms with Crippen LogP contribution in [0.15, 0.2) is 133 Å². The van der Waals surface area contributed by atoms with Crippen LogP contribution in [0.4, 0.5) is 0 Å². The Kier molecular flexibility index (Phi) is 6.49. The molecule has 0 saturated carbocycles. The molecule has 234 valence electrons. The van der Waals surface area contributed by atoms with E-state index in [0.717, 1.165) is 38.5 Å². The summed E-state index contributed by atoms with van der Waals surface area (Å²) in [6.45, 7) is 4.53. The van der Waals surface area contributed by atoms with Crippen LogP contribution in [0, 0.1) is 22.7 Å². The van der Waals surface area contributed by atoms with Gasteiger partial charge in [-0.15, -0.1) is 0 Å². The molecule has 0 amide bonds. The molecule has 6 nitrogen and oxygen atoms in total. The third-order valence-corrected chi connectivity index (χ3v) is 9.94. The van der Waals surface area contributed by atoms with E-state index in [2.05, 4.69) is 79.1 Å². The average Bonchev–Trinajstić information content (AvgIpc) is 3.63. The molecule has 6 aromatic carbocycles. The first kappa shape index (κ1) is 29.3. The van der Waals surface area contributed by atoms with Crippen LogP contribution < -0.4 is 0 Å². The molecule has 0 bridgehead atoms. The molecule has 9 rings (SSSR count). The van der Waals surface area contributed by atoms with Crippen molar-refractivity contribution in [2.75, 3.05) is 0 Å². The van der Waals surface area contributed by atoms with Crippen LogP contribution in [-0.2, 0) is 5.41 Å². The van der Waals surface area contributed by atoms with E-state index in [0.29, 0.717) is 39.9 Å². The van der Waals surface area contributed by atoms with Crippen molar-refractivity contribution in [1.82, 2.24) is 19.5 Å². The molecule has 0 atom stereocenters. The van der Waals surface area contributed by atoms with Crippen molar-refractivity contribution >= 4 is 21.8 Å². The highest BCUT2D eigenvalue weighted by molar-refractivity contribution is 6.15. The van der Waals surface area contributed by atoms with Crippen molar-refractivity contribution in [3.8, 4) is 63.1 Å². The number of benzene rings is 6. The van der Waals surface area contributed by atoms with Gasteiger partial charge in [-0.3, -0.25) is 0 Å². The van der Waals surface area contributed by atoms with Crippen LogP contribution in [0.1, 0.15) is 36.1 Å². The minimum absolute atomic E-state index is 0.202. The van der Waals surface area contributed by atoms with E-state index in [1.165, 1.54) is 16.7 Å². The van der Waals surface area contributed by atoms with Crippen LogP contribution >= 0.6 is 0 Å². The van der Waals surface area contributed by atoms with Gasteiger partial charge in [0.1, 0.15) is 6.07 Å². The average molecular weight is 641 g/mol. The van der Waals surface area contributed by atoms with E-state index in [-0.39, 0.29) is 5.41 Å². The maximum atomic E-state index is 10.8. The predicted octanol–water partition coefficient (Wildman–Crippen LogP) is 10.0. The Morgan fingerprint density at radius 3 is 1.82 bits per heavy atom. The SMILES string of the molecule is CC1(C)c2ccccc2-c2c1ccc1c3ccccc3n(-c3cc(C#N)c(-c4nc(-c5ccccc5)nc(-c5ccccc5)n4)cc3C#N)c21. The van der Waals surface area contributed by atoms with Gasteiger partial charge in [-0.2, -0.15) is 10.5 Å². The van der Waals surface area contributed by atoms with Gasteiger partial charge in [0.15, 0.2) is 17.5 Å². The second-order valence-electron chi connectivity index (χ2n) is 13.1. The Labute approximate surface area is 289 Å². The molecule has 50 heavy (non-hydrogen) atoms. The first-order chi connectivity index (χ1) is 24.5. The smallest absolute Gasteiger partial charge is 0.165 e. The van der Waals surface area contributed by atoms with Gasteiger partial charge in [0.2, 0.25) is 0 Å². The van der Waals surface area contributed by atoms with Gasteiger partial charge >= 0.3 is 0 Å². The van der Waals surface area contributed by atoms with E-state index < -0.39 is 0 Å². The van der Waals surface area contributed by atoms with E-state index in [9.17, 15) is 10.5 Å².